The topological polar surface area (TPSA) is 115 Å². The fourth-order valence-corrected chi connectivity index (χ4v) is 6.39. The third-order valence-electron chi connectivity index (χ3n) is 9.31. The van der Waals surface area contributed by atoms with Crippen LogP contribution in [0.1, 0.15) is 61.2 Å². The molecule has 2 aromatic heterocycles. The zero-order valence-electron chi connectivity index (χ0n) is 29.8. The minimum Gasteiger partial charge on any atom is -0.464 e. The molecule has 0 amide bonds. The van der Waals surface area contributed by atoms with Crippen molar-refractivity contribution in [2.75, 3.05) is 54.5 Å². The Morgan fingerprint density at radius 2 is 1.42 bits per heavy atom. The van der Waals surface area contributed by atoms with E-state index in [0.29, 0.717) is 39.1 Å². The van der Waals surface area contributed by atoms with Crippen LogP contribution in [0.15, 0.2) is 40.3 Å². The van der Waals surface area contributed by atoms with Gasteiger partial charge in [-0.2, -0.15) is 0 Å². The van der Waals surface area contributed by atoms with Crippen molar-refractivity contribution < 1.29 is 19.1 Å². The van der Waals surface area contributed by atoms with Gasteiger partial charge in [0.1, 0.15) is 13.2 Å². The molecule has 0 saturated heterocycles. The quantitative estimate of drug-likeness (QED) is 0.258. The van der Waals surface area contributed by atoms with Crippen molar-refractivity contribution in [2.24, 2.45) is 0 Å². The Hall–Kier alpha value is -4.28. The van der Waals surface area contributed by atoms with Crippen molar-refractivity contribution in [3.05, 3.63) is 79.0 Å². The van der Waals surface area contributed by atoms with Crippen molar-refractivity contribution in [3.8, 4) is 0 Å². The number of carbonyl (C=O) groups excluding carboxylic acids is 2. The molecule has 48 heavy (non-hydrogen) atoms. The van der Waals surface area contributed by atoms with Crippen LogP contribution in [0.3, 0.4) is 0 Å². The summed E-state index contributed by atoms with van der Waals surface area (Å²) in [5.74, 6) is -0.408. The highest BCUT2D eigenvalue weighted by molar-refractivity contribution is 5.74. The maximum atomic E-state index is 12.7. The molecular weight excluding hydrogens is 604 g/mol. The van der Waals surface area contributed by atoms with Gasteiger partial charge in [-0.15, -0.1) is 0 Å². The zero-order chi connectivity index (χ0) is 34.5. The second-order valence-corrected chi connectivity index (χ2v) is 13.7. The number of nitrogens with zero attached hydrogens (tertiary/aromatic N) is 2. The van der Waals surface area contributed by atoms with E-state index < -0.39 is 0 Å². The van der Waals surface area contributed by atoms with E-state index >= 15 is 0 Å². The second kappa shape index (κ2) is 15.3. The minimum absolute atomic E-state index is 0.0567. The number of rotatable bonds is 12. The molecule has 258 valence electrons. The molecule has 0 aliphatic carbocycles. The molecule has 3 aliphatic heterocycles. The standard InChI is InChI=1S/C38H52N6O4/c1-23-17-28-20-33-25(3)29(9-11-37(45)47-15-13-43(5)6)35(41-33)22-36-30(10-12-38(46)48-16-14-44(7)8)26(4)34(42-36)21-32-24(2)18-27(40-32)19-31(23)39-28/h17-22,27,33,39-42H,9-16H2,1-8H3/b28-20-,31-19-,32-21-,35-22-. The average molecular weight is 657 g/mol. The van der Waals surface area contributed by atoms with Crippen LogP contribution in [-0.2, 0) is 25.5 Å². The second-order valence-electron chi connectivity index (χ2n) is 13.7. The summed E-state index contributed by atoms with van der Waals surface area (Å²) in [5, 5.41) is 9.54. The summed E-state index contributed by atoms with van der Waals surface area (Å²) in [6.45, 7) is 10.6. The van der Waals surface area contributed by atoms with Crippen LogP contribution in [0.4, 0.5) is 0 Å². The van der Waals surface area contributed by atoms with Gasteiger partial charge < -0.3 is 39.9 Å². The number of aryl methyl sites for hydroxylation is 1. The van der Waals surface area contributed by atoms with E-state index in [-0.39, 0.29) is 36.9 Å². The first-order valence-corrected chi connectivity index (χ1v) is 16.9. The van der Waals surface area contributed by atoms with E-state index in [9.17, 15) is 9.59 Å². The number of allylic oxidation sites excluding steroid dienone is 2. The van der Waals surface area contributed by atoms with Gasteiger partial charge in [-0.25, -0.2) is 0 Å². The van der Waals surface area contributed by atoms with Crippen molar-refractivity contribution in [1.82, 2.24) is 30.4 Å². The van der Waals surface area contributed by atoms with Crippen LogP contribution in [0.2, 0.25) is 0 Å². The van der Waals surface area contributed by atoms with Crippen LogP contribution in [0.5, 0.6) is 0 Å². The summed E-state index contributed by atoms with van der Waals surface area (Å²) >= 11 is 0. The number of aromatic nitrogens is 2. The van der Waals surface area contributed by atoms with Gasteiger partial charge in [-0.05, 0) is 133 Å². The first-order chi connectivity index (χ1) is 22.9. The highest BCUT2D eigenvalue weighted by Gasteiger charge is 2.27. The van der Waals surface area contributed by atoms with Crippen molar-refractivity contribution >= 4 is 36.2 Å². The van der Waals surface area contributed by atoms with E-state index in [1.54, 1.807) is 0 Å². The minimum atomic E-state index is -0.206. The highest BCUT2D eigenvalue weighted by Crippen LogP contribution is 2.33. The normalized spacial score (nSPS) is 22.1. The van der Waals surface area contributed by atoms with Crippen LogP contribution in [0.25, 0.3) is 24.3 Å². The summed E-state index contributed by atoms with van der Waals surface area (Å²) in [5.41, 5.74) is 10.7. The van der Waals surface area contributed by atoms with Crippen LogP contribution in [-0.4, -0.2) is 98.3 Å². The number of aromatic amines is 2. The van der Waals surface area contributed by atoms with Gasteiger partial charge in [0.25, 0.3) is 0 Å². The lowest BCUT2D eigenvalue weighted by Crippen LogP contribution is -2.25. The molecule has 2 aromatic rings. The van der Waals surface area contributed by atoms with Gasteiger partial charge in [0.2, 0.25) is 0 Å². The molecule has 0 saturated carbocycles. The molecule has 8 bridgehead atoms. The molecule has 0 aromatic carbocycles. The Morgan fingerprint density at radius 1 is 0.771 bits per heavy atom. The summed E-state index contributed by atoms with van der Waals surface area (Å²) in [6, 6.07) is 2.18. The maximum Gasteiger partial charge on any atom is 0.306 e. The van der Waals surface area contributed by atoms with Gasteiger partial charge in [-0.1, -0.05) is 6.08 Å². The molecule has 2 atom stereocenters. The number of nitrogens with one attached hydrogen (secondary N) is 4. The summed E-state index contributed by atoms with van der Waals surface area (Å²) in [4.78, 5) is 36.8. The van der Waals surface area contributed by atoms with Gasteiger partial charge in [0.15, 0.2) is 0 Å². The fraction of sp³-hybridized carbons (Fsp3) is 0.474. The fourth-order valence-electron chi connectivity index (χ4n) is 6.39. The Kier molecular flexibility index (Phi) is 11.2. The largest absolute Gasteiger partial charge is 0.464 e. The molecule has 2 unspecified atom stereocenters. The lowest BCUT2D eigenvalue weighted by Gasteiger charge is -2.11. The van der Waals surface area contributed by atoms with Crippen LogP contribution in [0, 0.1) is 13.8 Å². The van der Waals surface area contributed by atoms with Crippen molar-refractivity contribution in [2.45, 2.75) is 65.5 Å². The third-order valence-corrected chi connectivity index (χ3v) is 9.31. The molecule has 10 heteroatoms. The van der Waals surface area contributed by atoms with E-state index in [1.807, 2.05) is 38.0 Å². The van der Waals surface area contributed by atoms with Gasteiger partial charge in [0.05, 0.1) is 12.1 Å². The Balaban J connectivity index is 1.54. The Bertz CT molecular complexity index is 1780. The molecule has 0 fully saturated rings. The number of esters is 2. The molecular formula is C38H52N6O4. The summed E-state index contributed by atoms with van der Waals surface area (Å²) < 4.78 is 11.0. The first-order valence-electron chi connectivity index (χ1n) is 16.9. The molecule has 5 rings (SSSR count). The number of ether oxygens (including phenoxy) is 2. The molecule has 10 nitrogen and oxygen atoms in total. The van der Waals surface area contributed by atoms with Gasteiger partial charge >= 0.3 is 11.9 Å². The highest BCUT2D eigenvalue weighted by atomic mass is 16.5. The number of H-pyrrole nitrogens is 2. The van der Waals surface area contributed by atoms with E-state index in [0.717, 1.165) is 50.2 Å². The van der Waals surface area contributed by atoms with E-state index in [4.69, 9.17) is 9.47 Å². The van der Waals surface area contributed by atoms with Gasteiger partial charge in [0, 0.05) is 59.4 Å². The molecule has 0 spiro atoms. The lowest BCUT2D eigenvalue weighted by molar-refractivity contribution is -0.144. The first kappa shape index (κ1) is 35.0. The number of likely N-dealkylation sites (N-methyl/N-ethyl adjacent to an activating group) is 2. The monoisotopic (exact) mass is 656 g/mol. The molecule has 5 heterocycles. The van der Waals surface area contributed by atoms with Crippen molar-refractivity contribution in [1.29, 1.82) is 0 Å². The summed E-state index contributed by atoms with van der Waals surface area (Å²) in [6.07, 6.45) is 12.7. The average Bonchev–Trinajstić information content (AvgIpc) is 3.71. The Labute approximate surface area is 284 Å². The molecule has 4 N–H and O–H groups in total. The van der Waals surface area contributed by atoms with Crippen LogP contribution >= 0.6 is 0 Å². The Morgan fingerprint density at radius 3 is 2.08 bits per heavy atom. The number of fused-ring (bicyclic) bond motifs is 8. The SMILES string of the molecule is CC1=CC2/C=c3\[nH]/c(cc3C)=C\C3N/C(=C\c4[nH]c(c(C)c4CCC(=O)OCCN(C)C)/C=C/1N2)C(CCC(=O)OCCN(C)C)=C3C. The maximum absolute atomic E-state index is 12.7. The summed E-state index contributed by atoms with van der Waals surface area (Å²) in [7, 11) is 7.84. The van der Waals surface area contributed by atoms with E-state index in [2.05, 4.69) is 84.7 Å². The molecule has 3 aliphatic rings. The lowest BCUT2D eigenvalue weighted by atomic mass is 9.99. The smallest absolute Gasteiger partial charge is 0.306 e. The number of hydrogen-bond donors (Lipinski definition) is 4. The van der Waals surface area contributed by atoms with Crippen molar-refractivity contribution in [3.63, 3.8) is 0 Å². The van der Waals surface area contributed by atoms with Crippen LogP contribution < -0.4 is 21.3 Å². The van der Waals surface area contributed by atoms with E-state index in [1.165, 1.54) is 16.7 Å². The predicted molar refractivity (Wildman–Crippen MR) is 192 cm³/mol. The predicted octanol–water partition coefficient (Wildman–Crippen LogP) is 3.05. The third kappa shape index (κ3) is 8.59. The zero-order valence-corrected chi connectivity index (χ0v) is 29.8. The number of hydrogen-bond acceptors (Lipinski definition) is 8. The van der Waals surface area contributed by atoms with Gasteiger partial charge in [-0.3, -0.25) is 9.59 Å². The number of carbonyl (C=O) groups is 2. The molecule has 0 radical (unpaired) electrons.